The Morgan fingerprint density at radius 1 is 1.30 bits per heavy atom. The second kappa shape index (κ2) is 7.00. The molecule has 0 atom stereocenters. The van der Waals surface area contributed by atoms with Gasteiger partial charge in [0.2, 0.25) is 0 Å². The summed E-state index contributed by atoms with van der Waals surface area (Å²) in [6.07, 6.45) is 9.85. The molecule has 120 valence electrons. The highest BCUT2D eigenvalue weighted by Crippen LogP contribution is 2.31. The molecule has 3 nitrogen and oxygen atoms in total. The molecule has 23 heavy (non-hydrogen) atoms. The van der Waals surface area contributed by atoms with Crippen LogP contribution in [0.2, 0.25) is 0 Å². The van der Waals surface area contributed by atoms with Crippen LogP contribution in [-0.2, 0) is 6.54 Å². The minimum absolute atomic E-state index is 0.166. The standard InChI is InChI=1S/C20H24N2O/c1-2-3-11-22-14-18(20(23)16-7-5-4-6-8-16)17-12-15(13-21)9-10-19(17)22/h9-10,12,14,16H,2-8,11H2,1H3. The van der Waals surface area contributed by atoms with Crippen LogP contribution >= 0.6 is 0 Å². The fourth-order valence-corrected chi connectivity index (χ4v) is 3.66. The molecule has 2 aromatic rings. The highest BCUT2D eigenvalue weighted by Gasteiger charge is 2.25. The summed E-state index contributed by atoms with van der Waals surface area (Å²) >= 11 is 0. The Morgan fingerprint density at radius 3 is 2.78 bits per heavy atom. The average molecular weight is 308 g/mol. The van der Waals surface area contributed by atoms with Gasteiger partial charge in [-0.1, -0.05) is 32.6 Å². The fourth-order valence-electron chi connectivity index (χ4n) is 3.66. The lowest BCUT2D eigenvalue weighted by molar-refractivity contribution is 0.0891. The zero-order chi connectivity index (χ0) is 16.2. The van der Waals surface area contributed by atoms with Crippen molar-refractivity contribution in [3.05, 3.63) is 35.5 Å². The molecule has 1 aromatic carbocycles. The number of ketones is 1. The fraction of sp³-hybridized carbons (Fsp3) is 0.500. The molecule has 1 aliphatic rings. The molecular weight excluding hydrogens is 284 g/mol. The van der Waals surface area contributed by atoms with E-state index in [2.05, 4.69) is 17.6 Å². The molecule has 1 saturated carbocycles. The monoisotopic (exact) mass is 308 g/mol. The van der Waals surface area contributed by atoms with E-state index in [0.29, 0.717) is 5.56 Å². The van der Waals surface area contributed by atoms with Gasteiger partial charge in [0.1, 0.15) is 0 Å². The number of hydrogen-bond acceptors (Lipinski definition) is 2. The first-order valence-corrected chi connectivity index (χ1v) is 8.81. The first-order valence-electron chi connectivity index (χ1n) is 8.81. The van der Waals surface area contributed by atoms with Crippen LogP contribution in [-0.4, -0.2) is 10.4 Å². The van der Waals surface area contributed by atoms with Crippen molar-refractivity contribution in [2.24, 2.45) is 5.92 Å². The van der Waals surface area contributed by atoms with Gasteiger partial charge in [-0.05, 0) is 37.5 Å². The van der Waals surface area contributed by atoms with Gasteiger partial charge in [0.25, 0.3) is 0 Å². The van der Waals surface area contributed by atoms with Gasteiger partial charge in [-0.2, -0.15) is 5.26 Å². The van der Waals surface area contributed by atoms with E-state index in [0.717, 1.165) is 61.5 Å². The molecule has 3 rings (SSSR count). The molecular formula is C20H24N2O. The quantitative estimate of drug-likeness (QED) is 0.723. The molecule has 0 radical (unpaired) electrons. The van der Waals surface area contributed by atoms with Crippen LogP contribution in [0.15, 0.2) is 24.4 Å². The van der Waals surface area contributed by atoms with Crippen molar-refractivity contribution in [2.75, 3.05) is 0 Å². The second-order valence-electron chi connectivity index (χ2n) is 6.63. The Labute approximate surface area is 137 Å². The van der Waals surface area contributed by atoms with Crippen LogP contribution in [0, 0.1) is 17.2 Å². The normalized spacial score (nSPS) is 15.7. The summed E-state index contributed by atoms with van der Waals surface area (Å²) in [5.74, 6) is 0.444. The zero-order valence-corrected chi connectivity index (χ0v) is 13.8. The summed E-state index contributed by atoms with van der Waals surface area (Å²) < 4.78 is 2.19. The summed E-state index contributed by atoms with van der Waals surface area (Å²) in [7, 11) is 0. The molecule has 3 heteroatoms. The van der Waals surface area contributed by atoms with Gasteiger partial charge in [-0.3, -0.25) is 4.79 Å². The molecule has 0 bridgehead atoms. The molecule has 0 N–H and O–H groups in total. The van der Waals surface area contributed by atoms with E-state index in [1.54, 1.807) is 0 Å². The number of carbonyl (C=O) groups excluding carboxylic acids is 1. The molecule has 0 spiro atoms. The SMILES string of the molecule is CCCCn1cc(C(=O)C2CCCCC2)c2cc(C#N)ccc21. The maximum absolute atomic E-state index is 13.0. The average Bonchev–Trinajstić information content (AvgIpc) is 2.97. The van der Waals surface area contributed by atoms with E-state index in [9.17, 15) is 10.1 Å². The Kier molecular flexibility index (Phi) is 4.81. The number of Topliss-reactive ketones (excluding diaryl/α,β-unsaturated/α-hetero) is 1. The van der Waals surface area contributed by atoms with Crippen LogP contribution in [0.5, 0.6) is 0 Å². The first-order chi connectivity index (χ1) is 11.2. The lowest BCUT2D eigenvalue weighted by atomic mass is 9.84. The van der Waals surface area contributed by atoms with Crippen LogP contribution in [0.25, 0.3) is 10.9 Å². The van der Waals surface area contributed by atoms with E-state index in [-0.39, 0.29) is 11.7 Å². The topological polar surface area (TPSA) is 45.8 Å². The summed E-state index contributed by atoms with van der Waals surface area (Å²) in [6.45, 7) is 3.10. The number of hydrogen-bond donors (Lipinski definition) is 0. The largest absolute Gasteiger partial charge is 0.347 e. The number of benzene rings is 1. The Bertz CT molecular complexity index is 745. The molecule has 1 heterocycles. The van der Waals surface area contributed by atoms with Crippen LogP contribution in [0.3, 0.4) is 0 Å². The summed E-state index contributed by atoms with van der Waals surface area (Å²) in [6, 6.07) is 7.91. The Morgan fingerprint density at radius 2 is 2.09 bits per heavy atom. The molecule has 0 saturated heterocycles. The van der Waals surface area contributed by atoms with Crippen molar-refractivity contribution >= 4 is 16.7 Å². The van der Waals surface area contributed by atoms with Gasteiger partial charge in [-0.25, -0.2) is 0 Å². The molecule has 1 aromatic heterocycles. The number of carbonyl (C=O) groups is 1. The number of rotatable bonds is 5. The van der Waals surface area contributed by atoms with E-state index in [1.165, 1.54) is 6.42 Å². The van der Waals surface area contributed by atoms with Crippen LogP contribution in [0.4, 0.5) is 0 Å². The predicted molar refractivity (Wildman–Crippen MR) is 92.5 cm³/mol. The van der Waals surface area contributed by atoms with Crippen molar-refractivity contribution in [1.82, 2.24) is 4.57 Å². The van der Waals surface area contributed by atoms with Gasteiger partial charge >= 0.3 is 0 Å². The predicted octanol–water partition coefficient (Wildman–Crippen LogP) is 5.08. The lowest BCUT2D eigenvalue weighted by Gasteiger charge is -2.19. The number of aromatic nitrogens is 1. The van der Waals surface area contributed by atoms with Crippen molar-refractivity contribution in [3.63, 3.8) is 0 Å². The number of nitrogens with zero attached hydrogens (tertiary/aromatic N) is 2. The lowest BCUT2D eigenvalue weighted by Crippen LogP contribution is -2.17. The van der Waals surface area contributed by atoms with Crippen LogP contribution in [0.1, 0.15) is 67.8 Å². The first kappa shape index (κ1) is 15.8. The van der Waals surface area contributed by atoms with Crippen molar-refractivity contribution in [1.29, 1.82) is 5.26 Å². The third kappa shape index (κ3) is 3.17. The molecule has 0 aliphatic heterocycles. The van der Waals surface area contributed by atoms with Crippen molar-refractivity contribution < 1.29 is 4.79 Å². The summed E-state index contributed by atoms with van der Waals surface area (Å²) in [5, 5.41) is 10.1. The molecule has 1 aliphatic carbocycles. The van der Waals surface area contributed by atoms with E-state index < -0.39 is 0 Å². The van der Waals surface area contributed by atoms with Gasteiger partial charge < -0.3 is 4.57 Å². The van der Waals surface area contributed by atoms with E-state index >= 15 is 0 Å². The zero-order valence-electron chi connectivity index (χ0n) is 13.8. The minimum atomic E-state index is 0.166. The minimum Gasteiger partial charge on any atom is -0.347 e. The highest BCUT2D eigenvalue weighted by molar-refractivity contribution is 6.09. The van der Waals surface area contributed by atoms with E-state index in [4.69, 9.17) is 0 Å². The van der Waals surface area contributed by atoms with Crippen molar-refractivity contribution in [2.45, 2.75) is 58.4 Å². The number of unbranched alkanes of at least 4 members (excludes halogenated alkanes) is 1. The number of nitriles is 1. The summed E-state index contributed by atoms with van der Waals surface area (Å²) in [5.41, 5.74) is 2.53. The van der Waals surface area contributed by atoms with Crippen molar-refractivity contribution in [3.8, 4) is 6.07 Å². The molecule has 1 fully saturated rings. The van der Waals surface area contributed by atoms with Gasteiger partial charge in [-0.15, -0.1) is 0 Å². The highest BCUT2D eigenvalue weighted by atomic mass is 16.1. The maximum Gasteiger partial charge on any atom is 0.168 e. The Hall–Kier alpha value is -2.08. The van der Waals surface area contributed by atoms with Gasteiger partial charge in [0.05, 0.1) is 11.6 Å². The second-order valence-corrected chi connectivity index (χ2v) is 6.63. The van der Waals surface area contributed by atoms with Gasteiger partial charge in [0, 0.05) is 35.1 Å². The summed E-state index contributed by atoms with van der Waals surface area (Å²) in [4.78, 5) is 13.0. The Balaban J connectivity index is 2.03. The molecule has 0 unspecified atom stereocenters. The van der Waals surface area contributed by atoms with Gasteiger partial charge in [0.15, 0.2) is 5.78 Å². The smallest absolute Gasteiger partial charge is 0.168 e. The number of aryl methyl sites for hydroxylation is 1. The third-order valence-corrected chi connectivity index (χ3v) is 5.00. The third-order valence-electron chi connectivity index (χ3n) is 5.00. The van der Waals surface area contributed by atoms with E-state index in [1.807, 2.05) is 24.4 Å². The maximum atomic E-state index is 13.0. The number of fused-ring (bicyclic) bond motifs is 1. The molecule has 0 amide bonds. The van der Waals surface area contributed by atoms with Crippen LogP contribution < -0.4 is 0 Å².